The van der Waals surface area contributed by atoms with Gasteiger partial charge in [0.1, 0.15) is 0 Å². The number of fused-ring (bicyclic) bond motifs is 1. The van der Waals surface area contributed by atoms with E-state index in [1.807, 2.05) is 18.2 Å². The molecule has 0 atom stereocenters. The molecule has 0 aromatic heterocycles. The van der Waals surface area contributed by atoms with Crippen molar-refractivity contribution in [2.45, 2.75) is 26.7 Å². The van der Waals surface area contributed by atoms with E-state index in [2.05, 4.69) is 38.1 Å². The Labute approximate surface area is 124 Å². The predicted octanol–water partition coefficient (Wildman–Crippen LogP) is 5.18. The van der Waals surface area contributed by atoms with E-state index in [1.165, 1.54) is 5.39 Å². The Bertz CT molecular complexity index is 720. The molecule has 0 fully saturated rings. The molecule has 0 saturated heterocycles. The molecule has 0 aliphatic heterocycles. The second-order valence-corrected chi connectivity index (χ2v) is 6.64. The van der Waals surface area contributed by atoms with Gasteiger partial charge < -0.3 is 0 Å². The summed E-state index contributed by atoms with van der Waals surface area (Å²) in [5.41, 5.74) is 2.06. The highest BCUT2D eigenvalue weighted by atomic mass is 35.5. The number of carbonyl (C=O) groups excluding carboxylic acids is 1. The van der Waals surface area contributed by atoms with Crippen LogP contribution in [0.2, 0.25) is 0 Å². The lowest BCUT2D eigenvalue weighted by Crippen LogP contribution is -2.23. The number of hydrogen-bond donors (Lipinski definition) is 0. The van der Waals surface area contributed by atoms with E-state index in [-0.39, 0.29) is 11.2 Å². The predicted molar refractivity (Wildman–Crippen MR) is 84.7 cm³/mol. The SMILES string of the molecule is CC1(C)CC(=O)C(Cl)=C(c2cccc3ccccc23)C1. The van der Waals surface area contributed by atoms with Gasteiger partial charge in [-0.15, -0.1) is 0 Å². The number of hydrogen-bond acceptors (Lipinski definition) is 1. The quantitative estimate of drug-likeness (QED) is 0.705. The van der Waals surface area contributed by atoms with Crippen molar-refractivity contribution in [1.82, 2.24) is 0 Å². The average Bonchev–Trinajstić information content (AvgIpc) is 2.42. The zero-order valence-corrected chi connectivity index (χ0v) is 12.5. The first-order valence-corrected chi connectivity index (χ1v) is 7.26. The second-order valence-electron chi connectivity index (χ2n) is 6.26. The Hall–Kier alpha value is -1.60. The Kier molecular flexibility index (Phi) is 3.18. The molecule has 0 unspecified atom stereocenters. The first-order valence-electron chi connectivity index (χ1n) is 6.88. The molecular weight excluding hydrogens is 268 g/mol. The molecule has 1 aliphatic carbocycles. The number of allylic oxidation sites excluding steroid dienone is 2. The third-order valence-electron chi connectivity index (χ3n) is 3.92. The number of benzene rings is 2. The van der Waals surface area contributed by atoms with E-state index in [0.29, 0.717) is 11.5 Å². The maximum absolute atomic E-state index is 12.1. The highest BCUT2D eigenvalue weighted by Gasteiger charge is 2.33. The topological polar surface area (TPSA) is 17.1 Å². The fourth-order valence-corrected chi connectivity index (χ4v) is 3.24. The van der Waals surface area contributed by atoms with Gasteiger partial charge in [-0.2, -0.15) is 0 Å². The third-order valence-corrected chi connectivity index (χ3v) is 4.36. The monoisotopic (exact) mass is 284 g/mol. The molecule has 1 nitrogen and oxygen atoms in total. The molecule has 0 N–H and O–H groups in total. The van der Waals surface area contributed by atoms with Crippen LogP contribution < -0.4 is 0 Å². The highest BCUT2D eigenvalue weighted by molar-refractivity contribution is 6.46. The molecular formula is C18H17ClO. The molecule has 2 heteroatoms. The Morgan fingerprint density at radius 2 is 1.70 bits per heavy atom. The molecule has 1 aliphatic rings. The Balaban J connectivity index is 2.24. The van der Waals surface area contributed by atoms with Crippen molar-refractivity contribution >= 4 is 33.7 Å². The van der Waals surface area contributed by atoms with Crippen molar-refractivity contribution in [2.24, 2.45) is 5.41 Å². The minimum atomic E-state index is -0.0260. The summed E-state index contributed by atoms with van der Waals surface area (Å²) < 4.78 is 0. The molecule has 2 aromatic rings. The summed E-state index contributed by atoms with van der Waals surface area (Å²) in [6.07, 6.45) is 1.37. The summed E-state index contributed by atoms with van der Waals surface area (Å²) in [5.74, 6) is 0.0610. The molecule has 2 aromatic carbocycles. The van der Waals surface area contributed by atoms with E-state index < -0.39 is 0 Å². The minimum absolute atomic E-state index is 0.0260. The van der Waals surface area contributed by atoms with Gasteiger partial charge in [0.05, 0.1) is 5.03 Å². The first-order chi connectivity index (χ1) is 9.48. The van der Waals surface area contributed by atoms with Gasteiger partial charge in [-0.05, 0) is 33.7 Å². The fraction of sp³-hybridized carbons (Fsp3) is 0.278. The van der Waals surface area contributed by atoms with Crippen LogP contribution in [0.25, 0.3) is 16.3 Å². The maximum atomic E-state index is 12.1. The van der Waals surface area contributed by atoms with Gasteiger partial charge in [0, 0.05) is 6.42 Å². The number of ketones is 1. The lowest BCUT2D eigenvalue weighted by molar-refractivity contribution is -0.117. The molecule has 0 spiro atoms. The summed E-state index contributed by atoms with van der Waals surface area (Å²) in [6.45, 7) is 4.25. The number of halogens is 1. The van der Waals surface area contributed by atoms with Gasteiger partial charge in [0.2, 0.25) is 0 Å². The lowest BCUT2D eigenvalue weighted by Gasteiger charge is -2.31. The molecule has 0 saturated carbocycles. The largest absolute Gasteiger partial charge is 0.293 e. The van der Waals surface area contributed by atoms with Crippen LogP contribution in [0.1, 0.15) is 32.3 Å². The molecule has 0 amide bonds. The standard InChI is InChI=1S/C18H17ClO/c1-18(2)10-15(17(19)16(20)11-18)14-9-5-7-12-6-3-4-8-13(12)14/h3-9H,10-11H2,1-2H3. The van der Waals surface area contributed by atoms with Crippen molar-refractivity contribution in [3.63, 3.8) is 0 Å². The van der Waals surface area contributed by atoms with Crippen molar-refractivity contribution < 1.29 is 4.79 Å². The molecule has 0 radical (unpaired) electrons. The lowest BCUT2D eigenvalue weighted by atomic mass is 9.74. The smallest absolute Gasteiger partial charge is 0.175 e. The Morgan fingerprint density at radius 3 is 2.50 bits per heavy atom. The zero-order valence-electron chi connectivity index (χ0n) is 11.7. The van der Waals surface area contributed by atoms with Crippen molar-refractivity contribution in [3.05, 3.63) is 53.1 Å². The van der Waals surface area contributed by atoms with Crippen LogP contribution in [0.4, 0.5) is 0 Å². The third kappa shape index (κ3) is 2.27. The number of carbonyl (C=O) groups is 1. The van der Waals surface area contributed by atoms with Gasteiger partial charge in [-0.25, -0.2) is 0 Å². The van der Waals surface area contributed by atoms with E-state index in [0.717, 1.165) is 22.9 Å². The van der Waals surface area contributed by atoms with E-state index in [4.69, 9.17) is 11.6 Å². The van der Waals surface area contributed by atoms with Gasteiger partial charge in [-0.3, -0.25) is 4.79 Å². The van der Waals surface area contributed by atoms with Crippen LogP contribution >= 0.6 is 11.6 Å². The van der Waals surface area contributed by atoms with Crippen LogP contribution in [0.5, 0.6) is 0 Å². The van der Waals surface area contributed by atoms with Crippen LogP contribution in [0, 0.1) is 5.41 Å². The first kappa shape index (κ1) is 13.4. The summed E-state index contributed by atoms with van der Waals surface area (Å²) in [5, 5.41) is 2.76. The second kappa shape index (κ2) is 4.75. The Morgan fingerprint density at radius 1 is 1.00 bits per heavy atom. The minimum Gasteiger partial charge on any atom is -0.293 e. The van der Waals surface area contributed by atoms with Crippen LogP contribution in [0.3, 0.4) is 0 Å². The normalized spacial score (nSPS) is 18.6. The molecule has 20 heavy (non-hydrogen) atoms. The molecule has 102 valence electrons. The summed E-state index contributed by atoms with van der Waals surface area (Å²) in [4.78, 5) is 12.1. The number of Topliss-reactive ketones (excluding diaryl/α,β-unsaturated/α-hetero) is 1. The summed E-state index contributed by atoms with van der Waals surface area (Å²) >= 11 is 6.33. The highest BCUT2D eigenvalue weighted by Crippen LogP contribution is 2.43. The van der Waals surface area contributed by atoms with E-state index >= 15 is 0 Å². The van der Waals surface area contributed by atoms with Crippen molar-refractivity contribution in [2.75, 3.05) is 0 Å². The van der Waals surface area contributed by atoms with E-state index in [9.17, 15) is 4.79 Å². The summed E-state index contributed by atoms with van der Waals surface area (Å²) in [6, 6.07) is 14.4. The summed E-state index contributed by atoms with van der Waals surface area (Å²) in [7, 11) is 0. The van der Waals surface area contributed by atoms with Gasteiger partial charge in [-0.1, -0.05) is 67.9 Å². The maximum Gasteiger partial charge on any atom is 0.175 e. The fourth-order valence-electron chi connectivity index (χ4n) is 3.00. The van der Waals surface area contributed by atoms with Gasteiger partial charge in [0.15, 0.2) is 5.78 Å². The van der Waals surface area contributed by atoms with Crippen LogP contribution in [-0.4, -0.2) is 5.78 Å². The van der Waals surface area contributed by atoms with Gasteiger partial charge in [0.25, 0.3) is 0 Å². The zero-order chi connectivity index (χ0) is 14.3. The van der Waals surface area contributed by atoms with E-state index in [1.54, 1.807) is 0 Å². The number of rotatable bonds is 1. The molecule has 0 bridgehead atoms. The van der Waals surface area contributed by atoms with Crippen molar-refractivity contribution in [3.8, 4) is 0 Å². The van der Waals surface area contributed by atoms with Crippen LogP contribution in [0.15, 0.2) is 47.5 Å². The molecule has 0 heterocycles. The van der Waals surface area contributed by atoms with Crippen molar-refractivity contribution in [1.29, 1.82) is 0 Å². The van der Waals surface area contributed by atoms with Crippen LogP contribution in [-0.2, 0) is 4.79 Å². The molecule has 3 rings (SSSR count). The average molecular weight is 285 g/mol. The van der Waals surface area contributed by atoms with Gasteiger partial charge >= 0.3 is 0 Å².